The van der Waals surface area contributed by atoms with Gasteiger partial charge in [0, 0.05) is 11.6 Å². The van der Waals surface area contributed by atoms with Crippen LogP contribution in [0.25, 0.3) is 11.1 Å². The van der Waals surface area contributed by atoms with Crippen molar-refractivity contribution in [3.05, 3.63) is 84.1 Å². The van der Waals surface area contributed by atoms with Crippen LogP contribution < -0.4 is 21.7 Å². The Morgan fingerprint density at radius 2 is 1.52 bits per heavy atom. The van der Waals surface area contributed by atoms with Crippen molar-refractivity contribution >= 4 is 11.6 Å². The maximum atomic E-state index is 6.08. The second-order valence-electron chi connectivity index (χ2n) is 4.98. The highest BCUT2D eigenvalue weighted by Gasteiger charge is 2.06. The van der Waals surface area contributed by atoms with Crippen LogP contribution in [0.15, 0.2) is 79.1 Å². The first-order chi connectivity index (χ1) is 10.8. The zero-order valence-electron chi connectivity index (χ0n) is 12.5. The van der Waals surface area contributed by atoms with Crippen molar-refractivity contribution in [2.45, 2.75) is 6.54 Å². The van der Waals surface area contributed by atoms with Gasteiger partial charge >= 0.3 is 0 Å². The second kappa shape index (κ2) is 8.56. The van der Waals surface area contributed by atoms with Crippen molar-refractivity contribution in [3.63, 3.8) is 0 Å². The van der Waals surface area contributed by atoms with Crippen LogP contribution in [-0.2, 0) is 6.54 Å². The summed E-state index contributed by atoms with van der Waals surface area (Å²) in [6, 6.07) is 22.0. The van der Waals surface area contributed by atoms with Crippen LogP contribution in [0.5, 0.6) is 5.75 Å². The molecule has 4 heteroatoms. The third kappa shape index (κ3) is 4.72. The number of aromatic nitrogens is 1. The molecule has 1 aromatic heterocycles. The van der Waals surface area contributed by atoms with Crippen molar-refractivity contribution < 1.29 is 21.7 Å². The molecule has 0 spiro atoms. The van der Waals surface area contributed by atoms with E-state index in [1.54, 1.807) is 0 Å². The number of hydrogen-bond acceptors (Lipinski definition) is 1. The number of ether oxygens (including phenoxy) is 1. The Balaban J connectivity index is 0.00000192. The summed E-state index contributed by atoms with van der Waals surface area (Å²) >= 11 is 6.08. The van der Waals surface area contributed by atoms with E-state index in [1.807, 2.05) is 48.7 Å². The highest BCUT2D eigenvalue weighted by molar-refractivity contribution is 6.32. The first kappa shape index (κ1) is 17.3. The van der Waals surface area contributed by atoms with E-state index < -0.39 is 0 Å². The molecule has 23 heavy (non-hydrogen) atoms. The van der Waals surface area contributed by atoms with E-state index in [2.05, 4.69) is 35.0 Å². The van der Waals surface area contributed by atoms with Crippen LogP contribution in [0, 0.1) is 0 Å². The van der Waals surface area contributed by atoms with Crippen LogP contribution >= 0.6 is 11.6 Å². The predicted molar refractivity (Wildman–Crippen MR) is 89.0 cm³/mol. The molecule has 2 aromatic carbocycles. The van der Waals surface area contributed by atoms with Gasteiger partial charge in [-0.2, -0.15) is 0 Å². The molecule has 0 aliphatic carbocycles. The van der Waals surface area contributed by atoms with Crippen LogP contribution in [0.1, 0.15) is 0 Å². The first-order valence-electron chi connectivity index (χ1n) is 7.25. The summed E-state index contributed by atoms with van der Waals surface area (Å²) in [7, 11) is 0. The zero-order valence-corrected chi connectivity index (χ0v) is 14.0. The van der Waals surface area contributed by atoms with Crippen LogP contribution in [0.2, 0.25) is 5.02 Å². The van der Waals surface area contributed by atoms with Gasteiger partial charge in [0.15, 0.2) is 18.9 Å². The lowest BCUT2D eigenvalue weighted by molar-refractivity contribution is -0.697. The van der Waals surface area contributed by atoms with E-state index in [1.165, 1.54) is 11.1 Å². The molecule has 2 nitrogen and oxygen atoms in total. The molecular formula is C19H17Cl2NO. The Morgan fingerprint density at radius 3 is 2.30 bits per heavy atom. The molecule has 0 aliphatic rings. The molecule has 0 radical (unpaired) electrons. The third-order valence-electron chi connectivity index (χ3n) is 3.41. The van der Waals surface area contributed by atoms with Gasteiger partial charge in [-0.3, -0.25) is 0 Å². The molecule has 0 amide bonds. The fourth-order valence-electron chi connectivity index (χ4n) is 2.29. The molecule has 0 unspecified atom stereocenters. The summed E-state index contributed by atoms with van der Waals surface area (Å²) in [5.41, 5.74) is 2.41. The minimum atomic E-state index is 0. The highest BCUT2D eigenvalue weighted by atomic mass is 35.5. The average molecular weight is 346 g/mol. The Morgan fingerprint density at radius 1 is 0.826 bits per heavy atom. The van der Waals surface area contributed by atoms with E-state index in [0.29, 0.717) is 11.6 Å². The van der Waals surface area contributed by atoms with Gasteiger partial charge in [0.05, 0.1) is 5.02 Å². The van der Waals surface area contributed by atoms with E-state index in [0.717, 1.165) is 12.3 Å². The summed E-state index contributed by atoms with van der Waals surface area (Å²) < 4.78 is 7.86. The van der Waals surface area contributed by atoms with Gasteiger partial charge in [-0.25, -0.2) is 4.57 Å². The molecule has 3 rings (SSSR count). The Labute approximate surface area is 147 Å². The van der Waals surface area contributed by atoms with Gasteiger partial charge in [0.25, 0.3) is 0 Å². The van der Waals surface area contributed by atoms with Gasteiger partial charge in [-0.15, -0.1) is 0 Å². The first-order valence-corrected chi connectivity index (χ1v) is 7.62. The van der Waals surface area contributed by atoms with Gasteiger partial charge in [-0.05, 0) is 23.8 Å². The van der Waals surface area contributed by atoms with E-state index >= 15 is 0 Å². The molecule has 0 saturated heterocycles. The lowest BCUT2D eigenvalue weighted by Crippen LogP contribution is -3.00. The molecule has 0 fully saturated rings. The summed E-state index contributed by atoms with van der Waals surface area (Å²) in [6.45, 7) is 1.35. The number of hydrogen-bond donors (Lipinski definition) is 0. The van der Waals surface area contributed by atoms with Gasteiger partial charge in [0.2, 0.25) is 0 Å². The number of pyridine rings is 1. The van der Waals surface area contributed by atoms with Crippen LogP contribution in [0.3, 0.4) is 0 Å². The highest BCUT2D eigenvalue weighted by Crippen LogP contribution is 2.22. The summed E-state index contributed by atoms with van der Waals surface area (Å²) in [6.07, 6.45) is 4.17. The standard InChI is InChI=1S/C19H17ClNO.ClH/c20-18-10-4-5-11-19(18)22-14-13-21-12-6-9-17(15-21)16-7-2-1-3-8-16;/h1-12,15H,13-14H2;1H/q+1;/p-1. The lowest BCUT2D eigenvalue weighted by atomic mass is 10.1. The number of para-hydroxylation sites is 1. The quantitative estimate of drug-likeness (QED) is 0.637. The minimum Gasteiger partial charge on any atom is -1.00 e. The molecule has 1 heterocycles. The van der Waals surface area contributed by atoms with E-state index in [-0.39, 0.29) is 12.4 Å². The van der Waals surface area contributed by atoms with Crippen molar-refractivity contribution in [2.75, 3.05) is 6.61 Å². The molecule has 0 bridgehead atoms. The SMILES string of the molecule is Clc1ccccc1OCC[n+]1cccc(-c2ccccc2)c1.[Cl-]. The van der Waals surface area contributed by atoms with Crippen molar-refractivity contribution in [1.82, 2.24) is 0 Å². The molecule has 118 valence electrons. The normalized spacial score (nSPS) is 9.96. The molecule has 0 saturated carbocycles. The van der Waals surface area contributed by atoms with E-state index in [9.17, 15) is 0 Å². The fraction of sp³-hybridized carbons (Fsp3) is 0.105. The Bertz CT molecular complexity index is 747. The van der Waals surface area contributed by atoms with Gasteiger partial charge < -0.3 is 17.1 Å². The number of halogens is 2. The Hall–Kier alpha value is -2.03. The van der Waals surface area contributed by atoms with Crippen molar-refractivity contribution in [3.8, 4) is 16.9 Å². The maximum absolute atomic E-state index is 6.08. The summed E-state index contributed by atoms with van der Waals surface area (Å²) in [4.78, 5) is 0. The molecular weight excluding hydrogens is 329 g/mol. The monoisotopic (exact) mass is 345 g/mol. The van der Waals surface area contributed by atoms with E-state index in [4.69, 9.17) is 16.3 Å². The molecule has 3 aromatic rings. The molecule has 0 atom stereocenters. The topological polar surface area (TPSA) is 13.1 Å². The molecule has 0 aliphatic heterocycles. The third-order valence-corrected chi connectivity index (χ3v) is 3.72. The maximum Gasteiger partial charge on any atom is 0.182 e. The van der Waals surface area contributed by atoms with Gasteiger partial charge in [0.1, 0.15) is 12.4 Å². The number of rotatable bonds is 5. The summed E-state index contributed by atoms with van der Waals surface area (Å²) in [5, 5.41) is 0.644. The van der Waals surface area contributed by atoms with Gasteiger partial charge in [-0.1, -0.05) is 54.1 Å². The van der Waals surface area contributed by atoms with Crippen LogP contribution in [-0.4, -0.2) is 6.61 Å². The van der Waals surface area contributed by atoms with Crippen LogP contribution in [0.4, 0.5) is 0 Å². The summed E-state index contributed by atoms with van der Waals surface area (Å²) in [5.74, 6) is 0.726. The smallest absolute Gasteiger partial charge is 0.182 e. The average Bonchev–Trinajstić information content (AvgIpc) is 2.58. The van der Waals surface area contributed by atoms with Crippen molar-refractivity contribution in [1.29, 1.82) is 0 Å². The minimum absolute atomic E-state index is 0. The second-order valence-corrected chi connectivity index (χ2v) is 5.38. The van der Waals surface area contributed by atoms with Crippen molar-refractivity contribution in [2.24, 2.45) is 0 Å². The Kier molecular flexibility index (Phi) is 6.45. The molecule has 0 N–H and O–H groups in total. The largest absolute Gasteiger partial charge is 1.00 e. The predicted octanol–water partition coefficient (Wildman–Crippen LogP) is 1.38. The fourth-order valence-corrected chi connectivity index (χ4v) is 2.48. The zero-order chi connectivity index (χ0) is 15.2. The lowest BCUT2D eigenvalue weighted by Gasteiger charge is -2.06. The number of nitrogens with zero attached hydrogens (tertiary/aromatic N) is 1. The number of benzene rings is 2.